The van der Waals surface area contributed by atoms with Crippen molar-refractivity contribution in [1.82, 2.24) is 15.3 Å². The fraction of sp³-hybridized carbons (Fsp3) is 0.429. The smallest absolute Gasteiger partial charge is 0.115 e. The highest BCUT2D eigenvalue weighted by Gasteiger charge is 2.16. The van der Waals surface area contributed by atoms with Gasteiger partial charge < -0.3 is 5.32 Å². The van der Waals surface area contributed by atoms with Crippen LogP contribution in [0.2, 0.25) is 0 Å². The summed E-state index contributed by atoms with van der Waals surface area (Å²) in [5.41, 5.74) is 2.49. The van der Waals surface area contributed by atoms with Gasteiger partial charge >= 0.3 is 0 Å². The highest BCUT2D eigenvalue weighted by atomic mass is 32.1. The van der Waals surface area contributed by atoms with Gasteiger partial charge in [-0.1, -0.05) is 6.92 Å². The normalized spacial score (nSPS) is 12.6. The average molecular weight is 261 g/mol. The Morgan fingerprint density at radius 3 is 2.56 bits per heavy atom. The summed E-state index contributed by atoms with van der Waals surface area (Å²) in [4.78, 5) is 11.0. The van der Waals surface area contributed by atoms with E-state index < -0.39 is 0 Å². The van der Waals surface area contributed by atoms with Crippen molar-refractivity contribution in [3.05, 3.63) is 45.7 Å². The Balaban J connectivity index is 2.30. The molecule has 0 saturated carbocycles. The molecule has 0 aliphatic heterocycles. The maximum atomic E-state index is 4.12. The lowest BCUT2D eigenvalue weighted by Crippen LogP contribution is -2.22. The molecule has 0 bridgehead atoms. The maximum absolute atomic E-state index is 4.12. The molecule has 1 N–H and O–H groups in total. The van der Waals surface area contributed by atoms with Crippen LogP contribution in [0.4, 0.5) is 0 Å². The molecular formula is C14H19N3S. The Bertz CT molecular complexity index is 473. The van der Waals surface area contributed by atoms with Gasteiger partial charge in [0.15, 0.2) is 0 Å². The van der Waals surface area contributed by atoms with E-state index in [1.807, 2.05) is 23.7 Å². The molecule has 0 spiro atoms. The van der Waals surface area contributed by atoms with Crippen LogP contribution < -0.4 is 5.32 Å². The average Bonchev–Trinajstić information content (AvgIpc) is 2.71. The van der Waals surface area contributed by atoms with Crippen molar-refractivity contribution in [2.75, 3.05) is 6.54 Å². The number of rotatable bonds is 5. The fourth-order valence-corrected chi connectivity index (χ4v) is 3.02. The minimum absolute atomic E-state index is 0.212. The summed E-state index contributed by atoms with van der Waals surface area (Å²) in [7, 11) is 0. The summed E-state index contributed by atoms with van der Waals surface area (Å²) in [6.45, 7) is 7.50. The summed E-state index contributed by atoms with van der Waals surface area (Å²) < 4.78 is 0. The molecular weight excluding hydrogens is 242 g/mol. The van der Waals surface area contributed by atoms with Crippen molar-refractivity contribution >= 4 is 11.3 Å². The van der Waals surface area contributed by atoms with Gasteiger partial charge in [-0.15, -0.1) is 11.3 Å². The highest BCUT2D eigenvalue weighted by molar-refractivity contribution is 7.12. The number of thiophene rings is 1. The van der Waals surface area contributed by atoms with Crippen LogP contribution in [0.5, 0.6) is 0 Å². The van der Waals surface area contributed by atoms with Gasteiger partial charge in [-0.2, -0.15) is 0 Å². The third kappa shape index (κ3) is 2.94. The van der Waals surface area contributed by atoms with Crippen molar-refractivity contribution in [2.45, 2.75) is 33.2 Å². The second-order valence-corrected chi connectivity index (χ2v) is 5.73. The molecule has 2 heterocycles. The topological polar surface area (TPSA) is 37.8 Å². The van der Waals surface area contributed by atoms with Gasteiger partial charge in [-0.25, -0.2) is 9.97 Å². The van der Waals surface area contributed by atoms with E-state index in [0.29, 0.717) is 0 Å². The van der Waals surface area contributed by atoms with Crippen LogP contribution in [0.1, 0.15) is 40.3 Å². The third-order valence-electron chi connectivity index (χ3n) is 2.98. The molecule has 3 nitrogen and oxygen atoms in total. The van der Waals surface area contributed by atoms with Crippen LogP contribution in [0.25, 0.3) is 0 Å². The van der Waals surface area contributed by atoms with Gasteiger partial charge in [0.1, 0.15) is 6.33 Å². The molecule has 0 fully saturated rings. The van der Waals surface area contributed by atoms with Gasteiger partial charge in [0.05, 0.1) is 6.04 Å². The maximum Gasteiger partial charge on any atom is 0.115 e. The van der Waals surface area contributed by atoms with Crippen LogP contribution in [-0.2, 0) is 0 Å². The molecule has 0 aromatic carbocycles. The van der Waals surface area contributed by atoms with Crippen LogP contribution >= 0.6 is 11.3 Å². The van der Waals surface area contributed by atoms with Crippen molar-refractivity contribution in [1.29, 1.82) is 0 Å². The lowest BCUT2D eigenvalue weighted by atomic mass is 10.1. The molecule has 0 saturated heterocycles. The van der Waals surface area contributed by atoms with Crippen molar-refractivity contribution in [2.24, 2.45) is 0 Å². The second kappa shape index (κ2) is 6.07. The third-order valence-corrected chi connectivity index (χ3v) is 4.20. The molecule has 0 amide bonds. The predicted octanol–water partition coefficient (Wildman–Crippen LogP) is 3.24. The van der Waals surface area contributed by atoms with E-state index in [0.717, 1.165) is 18.5 Å². The molecule has 96 valence electrons. The number of nitrogens with one attached hydrogen (secondary N) is 1. The molecule has 4 heteroatoms. The second-order valence-electron chi connectivity index (χ2n) is 4.45. The molecule has 2 aromatic heterocycles. The number of aryl methyl sites for hydroxylation is 2. The largest absolute Gasteiger partial charge is 0.306 e. The quantitative estimate of drug-likeness (QED) is 0.898. The summed E-state index contributed by atoms with van der Waals surface area (Å²) in [5.74, 6) is 0. The zero-order chi connectivity index (χ0) is 13.0. The summed E-state index contributed by atoms with van der Waals surface area (Å²) in [5, 5.41) is 3.57. The van der Waals surface area contributed by atoms with E-state index in [9.17, 15) is 0 Å². The number of hydrogen-bond donors (Lipinski definition) is 1. The monoisotopic (exact) mass is 261 g/mol. The zero-order valence-corrected chi connectivity index (χ0v) is 11.9. The Morgan fingerprint density at radius 1 is 1.28 bits per heavy atom. The first kappa shape index (κ1) is 13.2. The fourth-order valence-electron chi connectivity index (χ4n) is 1.88. The van der Waals surface area contributed by atoms with E-state index in [2.05, 4.69) is 42.1 Å². The molecule has 2 aromatic rings. The first-order valence-corrected chi connectivity index (χ1v) is 7.09. The SMILES string of the molecule is CCCNC(c1cncnc1)c1cc(C)c(C)s1. The van der Waals surface area contributed by atoms with Gasteiger partial charge in [-0.3, -0.25) is 0 Å². The van der Waals surface area contributed by atoms with Crippen LogP contribution in [0.15, 0.2) is 24.8 Å². The van der Waals surface area contributed by atoms with Gasteiger partial charge in [0.25, 0.3) is 0 Å². The Hall–Kier alpha value is -1.26. The highest BCUT2D eigenvalue weighted by Crippen LogP contribution is 2.30. The number of nitrogens with zero attached hydrogens (tertiary/aromatic N) is 2. The molecule has 1 atom stereocenters. The Morgan fingerprint density at radius 2 is 2.00 bits per heavy atom. The molecule has 1 unspecified atom stereocenters. The minimum atomic E-state index is 0.212. The van der Waals surface area contributed by atoms with Crippen LogP contribution in [0.3, 0.4) is 0 Å². The van der Waals surface area contributed by atoms with E-state index >= 15 is 0 Å². The van der Waals surface area contributed by atoms with Crippen LogP contribution in [0, 0.1) is 13.8 Å². The van der Waals surface area contributed by atoms with E-state index in [1.165, 1.54) is 15.3 Å². The summed E-state index contributed by atoms with van der Waals surface area (Å²) >= 11 is 1.85. The Kier molecular flexibility index (Phi) is 4.44. The van der Waals surface area contributed by atoms with Gasteiger partial charge in [-0.05, 0) is 38.4 Å². The van der Waals surface area contributed by atoms with Crippen molar-refractivity contribution in [3.63, 3.8) is 0 Å². The van der Waals surface area contributed by atoms with Crippen LogP contribution in [-0.4, -0.2) is 16.5 Å². The van der Waals surface area contributed by atoms with E-state index in [1.54, 1.807) is 6.33 Å². The Labute approximate surface area is 112 Å². The lowest BCUT2D eigenvalue weighted by molar-refractivity contribution is 0.602. The van der Waals surface area contributed by atoms with Gasteiger partial charge in [0, 0.05) is 27.7 Å². The first-order chi connectivity index (χ1) is 8.72. The summed E-state index contributed by atoms with van der Waals surface area (Å²) in [6, 6.07) is 2.48. The molecule has 0 radical (unpaired) electrons. The minimum Gasteiger partial charge on any atom is -0.306 e. The molecule has 18 heavy (non-hydrogen) atoms. The zero-order valence-electron chi connectivity index (χ0n) is 11.1. The number of aromatic nitrogens is 2. The molecule has 0 aliphatic rings. The van der Waals surface area contributed by atoms with E-state index in [4.69, 9.17) is 0 Å². The van der Waals surface area contributed by atoms with Gasteiger partial charge in [0.2, 0.25) is 0 Å². The van der Waals surface area contributed by atoms with Crippen molar-refractivity contribution < 1.29 is 0 Å². The van der Waals surface area contributed by atoms with E-state index in [-0.39, 0.29) is 6.04 Å². The van der Waals surface area contributed by atoms with Crippen molar-refractivity contribution in [3.8, 4) is 0 Å². The standard InChI is InChI=1S/C14H19N3S/c1-4-5-17-14(12-7-15-9-16-8-12)13-6-10(2)11(3)18-13/h6-9,14,17H,4-5H2,1-3H3. The predicted molar refractivity (Wildman–Crippen MR) is 76.0 cm³/mol. The molecule has 0 aliphatic carbocycles. The molecule has 2 rings (SSSR count). The summed E-state index contributed by atoms with van der Waals surface area (Å²) in [6.07, 6.45) is 6.48. The number of hydrogen-bond acceptors (Lipinski definition) is 4. The first-order valence-electron chi connectivity index (χ1n) is 6.27. The lowest BCUT2D eigenvalue weighted by Gasteiger charge is -2.16.